The van der Waals surface area contributed by atoms with Crippen molar-refractivity contribution < 1.29 is 8.83 Å². The van der Waals surface area contributed by atoms with Crippen LogP contribution in [-0.2, 0) is 0 Å². The zero-order valence-corrected chi connectivity index (χ0v) is 60.1. The molecule has 24 rings (SSSR count). The lowest BCUT2D eigenvalue weighted by molar-refractivity contribution is 0.672. The van der Waals surface area contributed by atoms with Crippen LogP contribution in [0.15, 0.2) is 379 Å². The zero-order valence-electron chi connectivity index (χ0n) is 60.1. The fraction of sp³-hybridized carbons (Fsp3) is 0. The Hall–Kier alpha value is -15.3. The standard InChI is InChI=1S/C51H31N5O.C50H30N4O/c1-4-14-32(15-5-1)49-52-50(33-16-6-2-7-17-33)54-51(53-49)34-24-26-36(27-25-34)55-42-22-12-10-20-37(42)40-30-41-45(31-44(40)55)56(35-18-8-3-9-19-35)43-29-28-39-38-21-11-13-23-46(38)57-48(39)47(41)43;1-3-14-31(15-4-1)48-38-22-7-10-23-41(38)51-50(52-48)32-16-13-19-34(28-32)54-42-24-11-8-20-35(42)39-29-40-45(30-44(39)54)53(33-17-5-2-6-18-33)43-27-26-37-36-21-9-12-25-46(36)55-49(37)47(40)43/h1-31H;1-30H. The molecule has 0 saturated heterocycles. The minimum absolute atomic E-state index is 0.627. The van der Waals surface area contributed by atoms with Gasteiger partial charge in [-0.3, -0.25) is 0 Å². The first-order chi connectivity index (χ1) is 55.5. The summed E-state index contributed by atoms with van der Waals surface area (Å²) < 4.78 is 22.9. The molecule has 0 aliphatic carbocycles. The summed E-state index contributed by atoms with van der Waals surface area (Å²) in [5, 5.41) is 14.8. The second-order valence-electron chi connectivity index (χ2n) is 28.6. The molecule has 112 heavy (non-hydrogen) atoms. The molecule has 0 aliphatic heterocycles. The van der Waals surface area contributed by atoms with Crippen molar-refractivity contribution in [1.29, 1.82) is 0 Å². The fourth-order valence-electron chi connectivity index (χ4n) is 17.3. The van der Waals surface area contributed by atoms with E-state index < -0.39 is 0 Å². The summed E-state index contributed by atoms with van der Waals surface area (Å²) in [7, 11) is 0. The van der Waals surface area contributed by atoms with Gasteiger partial charge in [-0.2, -0.15) is 0 Å². The normalized spacial score (nSPS) is 11.9. The van der Waals surface area contributed by atoms with Gasteiger partial charge >= 0.3 is 0 Å². The molecule has 0 radical (unpaired) electrons. The number of benzene rings is 16. The quantitative estimate of drug-likeness (QED) is 0.142. The van der Waals surface area contributed by atoms with Crippen LogP contribution < -0.4 is 0 Å². The predicted molar refractivity (Wildman–Crippen MR) is 458 cm³/mol. The van der Waals surface area contributed by atoms with Crippen molar-refractivity contribution in [3.05, 3.63) is 370 Å². The summed E-state index contributed by atoms with van der Waals surface area (Å²) in [6.07, 6.45) is 0. The Morgan fingerprint density at radius 1 is 0.188 bits per heavy atom. The highest BCUT2D eigenvalue weighted by atomic mass is 16.3. The molecular formula is C101H61N9O2. The van der Waals surface area contributed by atoms with E-state index in [1.54, 1.807) is 0 Å². The van der Waals surface area contributed by atoms with Gasteiger partial charge in [-0.05, 0) is 140 Å². The van der Waals surface area contributed by atoms with Gasteiger partial charge in [-0.15, -0.1) is 0 Å². The van der Waals surface area contributed by atoms with Crippen molar-refractivity contribution in [2.75, 3.05) is 0 Å². The number of nitrogens with zero attached hydrogens (tertiary/aromatic N) is 9. The van der Waals surface area contributed by atoms with Crippen LogP contribution in [0.4, 0.5) is 0 Å². The molecule has 0 saturated carbocycles. The number of para-hydroxylation sites is 7. The third-order valence-corrected chi connectivity index (χ3v) is 22.3. The number of hydrogen-bond acceptors (Lipinski definition) is 7. The summed E-state index contributed by atoms with van der Waals surface area (Å²) in [4.78, 5) is 25.2. The molecule has 8 heterocycles. The molecule has 11 nitrogen and oxygen atoms in total. The van der Waals surface area contributed by atoms with Crippen molar-refractivity contribution in [2.45, 2.75) is 0 Å². The highest BCUT2D eigenvalue weighted by Gasteiger charge is 2.26. The van der Waals surface area contributed by atoms with E-state index in [-0.39, 0.29) is 0 Å². The van der Waals surface area contributed by atoms with Gasteiger partial charge in [-0.25, -0.2) is 24.9 Å². The average Bonchev–Trinajstić information content (AvgIpc) is 1.55. The molecule has 0 unspecified atom stereocenters. The molecule has 0 spiro atoms. The molecule has 16 aromatic carbocycles. The van der Waals surface area contributed by atoms with Crippen molar-refractivity contribution >= 4 is 142 Å². The second kappa shape index (κ2) is 25.1. The topological polar surface area (TPSA) is 110 Å². The molecule has 0 fully saturated rings. The Bertz CT molecular complexity index is 7860. The smallest absolute Gasteiger partial charge is 0.164 e. The molecule has 0 atom stereocenters. The van der Waals surface area contributed by atoms with Crippen molar-refractivity contribution in [3.8, 4) is 79.6 Å². The van der Waals surface area contributed by atoms with E-state index >= 15 is 0 Å². The van der Waals surface area contributed by atoms with Gasteiger partial charge in [-0.1, -0.05) is 231 Å². The number of hydrogen-bond donors (Lipinski definition) is 0. The van der Waals surface area contributed by atoms with E-state index in [0.29, 0.717) is 23.3 Å². The second-order valence-corrected chi connectivity index (χ2v) is 28.6. The molecule has 0 bridgehead atoms. The van der Waals surface area contributed by atoms with Crippen molar-refractivity contribution in [3.63, 3.8) is 0 Å². The lowest BCUT2D eigenvalue weighted by Gasteiger charge is -2.12. The van der Waals surface area contributed by atoms with Crippen LogP contribution in [-0.4, -0.2) is 43.2 Å². The molecule has 8 aromatic heterocycles. The number of rotatable bonds is 9. The Kier molecular flexibility index (Phi) is 14.1. The van der Waals surface area contributed by atoms with E-state index in [1.807, 2.05) is 91.0 Å². The molecule has 0 N–H and O–H groups in total. The van der Waals surface area contributed by atoms with Gasteiger partial charge in [0.1, 0.15) is 22.3 Å². The largest absolute Gasteiger partial charge is 0.455 e. The van der Waals surface area contributed by atoms with Crippen LogP contribution in [0.2, 0.25) is 0 Å². The van der Waals surface area contributed by atoms with Crippen LogP contribution >= 0.6 is 0 Å². The Morgan fingerprint density at radius 3 is 1.06 bits per heavy atom. The Labute approximate surface area is 639 Å². The van der Waals surface area contributed by atoms with E-state index in [4.69, 9.17) is 33.8 Å². The molecule has 11 heteroatoms. The van der Waals surface area contributed by atoms with Gasteiger partial charge in [0.15, 0.2) is 23.3 Å². The SMILES string of the molecule is c1ccc(-c2nc(-c3cccc(-n4c5ccccc5c5cc6c7c8oc9ccccc9c8ccc7n(-c7ccccc7)c6cc54)c3)nc3ccccc23)cc1.c1ccc(-c2nc(-c3ccccc3)nc(-c3ccc(-n4c5ccccc5c5cc6c7c8oc9ccccc9c8ccc7n(-c7ccccc7)c6cc54)cc3)n2)cc1. The molecule has 0 amide bonds. The fourth-order valence-corrected chi connectivity index (χ4v) is 17.3. The maximum atomic E-state index is 6.69. The summed E-state index contributed by atoms with van der Waals surface area (Å²) in [5.41, 5.74) is 23.6. The molecule has 0 aliphatic rings. The Morgan fingerprint density at radius 2 is 0.554 bits per heavy atom. The highest BCUT2D eigenvalue weighted by Crippen LogP contribution is 2.47. The minimum atomic E-state index is 0.627. The monoisotopic (exact) mass is 1430 g/mol. The van der Waals surface area contributed by atoms with E-state index in [1.165, 1.54) is 21.5 Å². The average molecular weight is 1430 g/mol. The molecule has 522 valence electrons. The van der Waals surface area contributed by atoms with Crippen LogP contribution in [0, 0.1) is 0 Å². The van der Waals surface area contributed by atoms with E-state index in [0.717, 1.165) is 177 Å². The maximum Gasteiger partial charge on any atom is 0.164 e. The van der Waals surface area contributed by atoms with Crippen LogP contribution in [0.1, 0.15) is 0 Å². The van der Waals surface area contributed by atoms with Gasteiger partial charge in [0.05, 0.1) is 66.1 Å². The van der Waals surface area contributed by atoms with Gasteiger partial charge in [0.2, 0.25) is 0 Å². The summed E-state index contributed by atoms with van der Waals surface area (Å²) in [5.74, 6) is 2.61. The summed E-state index contributed by atoms with van der Waals surface area (Å²) in [6, 6.07) is 130. The first-order valence-electron chi connectivity index (χ1n) is 37.7. The van der Waals surface area contributed by atoms with E-state index in [2.05, 4.69) is 297 Å². The zero-order chi connectivity index (χ0) is 73.5. The van der Waals surface area contributed by atoms with Crippen LogP contribution in [0.3, 0.4) is 0 Å². The minimum Gasteiger partial charge on any atom is -0.455 e. The third-order valence-electron chi connectivity index (χ3n) is 22.3. The highest BCUT2D eigenvalue weighted by molar-refractivity contribution is 6.29. The predicted octanol–water partition coefficient (Wildman–Crippen LogP) is 26.0. The maximum absolute atomic E-state index is 6.69. The molecule has 24 aromatic rings. The summed E-state index contributed by atoms with van der Waals surface area (Å²) in [6.45, 7) is 0. The first-order valence-corrected chi connectivity index (χ1v) is 37.7. The number of aromatic nitrogens is 9. The van der Waals surface area contributed by atoms with Crippen LogP contribution in [0.5, 0.6) is 0 Å². The number of furan rings is 2. The van der Waals surface area contributed by atoms with Gasteiger partial charge < -0.3 is 27.1 Å². The van der Waals surface area contributed by atoms with E-state index in [9.17, 15) is 0 Å². The lowest BCUT2D eigenvalue weighted by atomic mass is 10.1. The first kappa shape index (κ1) is 62.8. The van der Waals surface area contributed by atoms with Crippen LogP contribution in [0.25, 0.3) is 222 Å². The number of fused-ring (bicyclic) bond motifs is 21. The van der Waals surface area contributed by atoms with Crippen molar-refractivity contribution in [2.24, 2.45) is 0 Å². The third kappa shape index (κ3) is 9.90. The Balaban J connectivity index is 0.000000134. The van der Waals surface area contributed by atoms with Crippen molar-refractivity contribution in [1.82, 2.24) is 43.2 Å². The summed E-state index contributed by atoms with van der Waals surface area (Å²) >= 11 is 0. The van der Waals surface area contributed by atoms with Gasteiger partial charge in [0.25, 0.3) is 0 Å². The van der Waals surface area contributed by atoms with Gasteiger partial charge in [0, 0.05) is 110 Å². The lowest BCUT2D eigenvalue weighted by Crippen LogP contribution is -2.00. The molecular weight excluding hydrogens is 1370 g/mol.